The molecule has 0 radical (unpaired) electrons. The van der Waals surface area contributed by atoms with Crippen molar-refractivity contribution in [1.82, 2.24) is 5.32 Å². The molecule has 0 aromatic heterocycles. The van der Waals surface area contributed by atoms with Gasteiger partial charge in [0.25, 0.3) is 0 Å². The Morgan fingerprint density at radius 2 is 2.06 bits per heavy atom. The monoisotopic (exact) mass is 245 g/mol. The van der Waals surface area contributed by atoms with E-state index in [1.807, 2.05) is 7.05 Å². The van der Waals surface area contributed by atoms with Crippen molar-refractivity contribution in [3.05, 3.63) is 40.3 Å². The fourth-order valence-corrected chi connectivity index (χ4v) is 3.76. The first-order chi connectivity index (χ1) is 8.79. The van der Waals surface area contributed by atoms with Crippen LogP contribution in [-0.4, -0.2) is 18.4 Å². The van der Waals surface area contributed by atoms with Gasteiger partial charge in [-0.1, -0.05) is 24.3 Å². The van der Waals surface area contributed by atoms with Crippen LogP contribution in [0.5, 0.6) is 0 Å². The van der Waals surface area contributed by atoms with E-state index in [-0.39, 0.29) is 11.6 Å². The first-order valence-electron chi connectivity index (χ1n) is 7.00. The molecule has 3 nitrogen and oxygen atoms in total. The molecule has 1 aliphatic carbocycles. The molecule has 96 valence electrons. The number of nitroso groups, excluding NO2 is 1. The number of nitrogens with one attached hydrogen (secondary N) is 1. The largest absolute Gasteiger partial charge is 0.319 e. The summed E-state index contributed by atoms with van der Waals surface area (Å²) in [5.74, 6) is 0. The second kappa shape index (κ2) is 4.47. The molecule has 1 atom stereocenters. The van der Waals surface area contributed by atoms with Crippen molar-refractivity contribution in [3.63, 3.8) is 0 Å². The molecule has 1 aliphatic heterocycles. The Balaban J connectivity index is 2.02. The Labute approximate surface area is 108 Å². The third-order valence-electron chi connectivity index (χ3n) is 4.62. The summed E-state index contributed by atoms with van der Waals surface area (Å²) in [5.41, 5.74) is 2.37. The molecule has 0 saturated heterocycles. The van der Waals surface area contributed by atoms with E-state index in [4.69, 9.17) is 0 Å². The third kappa shape index (κ3) is 1.53. The molecule has 1 aromatic rings. The molecule has 1 fully saturated rings. The first-order valence-corrected chi connectivity index (χ1v) is 7.00. The third-order valence-corrected chi connectivity index (χ3v) is 4.62. The summed E-state index contributed by atoms with van der Waals surface area (Å²) >= 11 is 0. The number of benzene rings is 1. The van der Waals surface area contributed by atoms with E-state index in [1.54, 1.807) is 0 Å². The van der Waals surface area contributed by atoms with Crippen LogP contribution < -0.4 is 5.32 Å². The minimum Gasteiger partial charge on any atom is -0.319 e. The predicted octanol–water partition coefficient (Wildman–Crippen LogP) is 2.90. The highest BCUT2D eigenvalue weighted by molar-refractivity contribution is 5.37. The average molecular weight is 245 g/mol. The van der Waals surface area contributed by atoms with Crippen LogP contribution in [0.3, 0.4) is 0 Å². The standard InChI is InChI=1S/C15H21N2O/c1-16-11-8-14-12-6-2-3-7-13(12)15(17(14)18)9-4-5-10-15/h2-3,6-7,14,16H,4-5,8-11H2,1H3/q+1. The van der Waals surface area contributed by atoms with Gasteiger partial charge >= 0.3 is 0 Å². The molecular formula is C15H21N2O+. The number of hydrogen-bond donors (Lipinski definition) is 1. The molecule has 0 amide bonds. The highest BCUT2D eigenvalue weighted by Crippen LogP contribution is 2.52. The van der Waals surface area contributed by atoms with Gasteiger partial charge in [-0.05, 0) is 19.9 Å². The van der Waals surface area contributed by atoms with E-state index in [9.17, 15) is 4.91 Å². The molecule has 1 saturated carbocycles. The summed E-state index contributed by atoms with van der Waals surface area (Å²) < 4.78 is 1.42. The van der Waals surface area contributed by atoms with Gasteiger partial charge in [-0.3, -0.25) is 0 Å². The molecule has 2 aliphatic rings. The van der Waals surface area contributed by atoms with Crippen LogP contribution in [0.2, 0.25) is 0 Å². The van der Waals surface area contributed by atoms with Crippen molar-refractivity contribution >= 4 is 0 Å². The zero-order valence-electron chi connectivity index (χ0n) is 11.0. The van der Waals surface area contributed by atoms with Gasteiger partial charge in [-0.2, -0.15) is 0 Å². The minimum atomic E-state index is -0.199. The van der Waals surface area contributed by atoms with E-state index in [0.717, 1.165) is 25.8 Å². The van der Waals surface area contributed by atoms with Gasteiger partial charge in [-0.25, -0.2) is 0 Å². The van der Waals surface area contributed by atoms with Crippen LogP contribution in [0.25, 0.3) is 0 Å². The smallest absolute Gasteiger partial charge is 0.236 e. The van der Waals surface area contributed by atoms with Crippen molar-refractivity contribution in [1.29, 1.82) is 0 Å². The van der Waals surface area contributed by atoms with E-state index < -0.39 is 0 Å². The molecule has 1 N–H and O–H groups in total. The molecule has 0 bridgehead atoms. The molecule has 1 spiro atoms. The summed E-state index contributed by atoms with van der Waals surface area (Å²) in [6.07, 6.45) is 5.34. The normalized spacial score (nSPS) is 24.7. The summed E-state index contributed by atoms with van der Waals surface area (Å²) in [7, 11) is 1.95. The lowest BCUT2D eigenvalue weighted by Gasteiger charge is -2.15. The van der Waals surface area contributed by atoms with Crippen LogP contribution >= 0.6 is 0 Å². The van der Waals surface area contributed by atoms with Crippen LogP contribution in [0.4, 0.5) is 0 Å². The highest BCUT2D eigenvalue weighted by atomic mass is 16.3. The molecular weight excluding hydrogens is 224 g/mol. The summed E-state index contributed by atoms with van der Waals surface area (Å²) in [6.45, 7) is 0.897. The van der Waals surface area contributed by atoms with Crippen LogP contribution in [0.1, 0.15) is 49.3 Å². The molecule has 1 heterocycles. The van der Waals surface area contributed by atoms with E-state index in [1.165, 1.54) is 28.7 Å². The Hall–Kier alpha value is -1.22. The quantitative estimate of drug-likeness (QED) is 0.830. The van der Waals surface area contributed by atoms with Crippen molar-refractivity contribution in [2.75, 3.05) is 13.6 Å². The second-order valence-electron chi connectivity index (χ2n) is 5.56. The lowest BCUT2D eigenvalue weighted by molar-refractivity contribution is -0.662. The number of hydrogen-bond acceptors (Lipinski definition) is 2. The summed E-state index contributed by atoms with van der Waals surface area (Å²) in [5, 5.41) is 3.16. The number of rotatable bonds is 3. The van der Waals surface area contributed by atoms with Crippen molar-refractivity contribution < 1.29 is 4.76 Å². The molecule has 1 unspecified atom stereocenters. The van der Waals surface area contributed by atoms with Crippen LogP contribution in [0.15, 0.2) is 24.3 Å². The molecule has 18 heavy (non-hydrogen) atoms. The summed E-state index contributed by atoms with van der Waals surface area (Å²) in [6, 6.07) is 8.51. The zero-order chi connectivity index (χ0) is 12.6. The van der Waals surface area contributed by atoms with Gasteiger partial charge in [0.05, 0.1) is 0 Å². The maximum Gasteiger partial charge on any atom is 0.236 e. The maximum atomic E-state index is 12.8. The fourth-order valence-electron chi connectivity index (χ4n) is 3.76. The Morgan fingerprint density at radius 3 is 2.78 bits per heavy atom. The molecule has 3 rings (SSSR count). The fraction of sp³-hybridized carbons (Fsp3) is 0.600. The average Bonchev–Trinajstić information content (AvgIpc) is 2.97. The Bertz CT molecular complexity index is 463. The first kappa shape index (κ1) is 11.8. The Morgan fingerprint density at radius 1 is 1.33 bits per heavy atom. The SMILES string of the molecule is CNCCC1c2ccccc2C2(CCCC2)[N+]1=O. The van der Waals surface area contributed by atoms with Crippen molar-refractivity contribution in [2.45, 2.75) is 43.7 Å². The summed E-state index contributed by atoms with van der Waals surface area (Å²) in [4.78, 5) is 12.8. The van der Waals surface area contributed by atoms with E-state index in [0.29, 0.717) is 0 Å². The lowest BCUT2D eigenvalue weighted by atomic mass is 9.88. The predicted molar refractivity (Wildman–Crippen MR) is 71.5 cm³/mol. The van der Waals surface area contributed by atoms with Crippen LogP contribution in [0, 0.1) is 4.91 Å². The van der Waals surface area contributed by atoms with Gasteiger partial charge in [0.2, 0.25) is 11.6 Å². The lowest BCUT2D eigenvalue weighted by Crippen LogP contribution is -2.31. The van der Waals surface area contributed by atoms with E-state index >= 15 is 0 Å². The van der Waals surface area contributed by atoms with E-state index in [2.05, 4.69) is 29.6 Å². The second-order valence-corrected chi connectivity index (χ2v) is 5.56. The Kier molecular flexibility index (Phi) is 2.94. The highest BCUT2D eigenvalue weighted by Gasteiger charge is 2.59. The van der Waals surface area contributed by atoms with Crippen molar-refractivity contribution in [3.8, 4) is 0 Å². The maximum absolute atomic E-state index is 12.8. The molecule has 1 aromatic carbocycles. The topological polar surface area (TPSA) is 32.1 Å². The zero-order valence-corrected chi connectivity index (χ0v) is 11.0. The van der Waals surface area contributed by atoms with Gasteiger partial charge in [0, 0.05) is 46.6 Å². The molecule has 3 heteroatoms. The van der Waals surface area contributed by atoms with Gasteiger partial charge in [0.1, 0.15) is 0 Å². The van der Waals surface area contributed by atoms with Crippen molar-refractivity contribution in [2.24, 2.45) is 0 Å². The van der Waals surface area contributed by atoms with Crippen LogP contribution in [-0.2, 0) is 5.54 Å². The number of nitrogens with zero attached hydrogens (tertiary/aromatic N) is 1. The minimum absolute atomic E-state index is 0.0479. The van der Waals surface area contributed by atoms with Gasteiger partial charge in [0.15, 0.2) is 0 Å². The van der Waals surface area contributed by atoms with Gasteiger partial charge in [-0.15, -0.1) is 0 Å². The number of fused-ring (bicyclic) bond motifs is 2. The van der Waals surface area contributed by atoms with Gasteiger partial charge < -0.3 is 5.32 Å².